The van der Waals surface area contributed by atoms with E-state index in [0.717, 1.165) is 89.9 Å². The molecule has 2 unspecified atom stereocenters. The molecule has 0 aliphatic heterocycles. The van der Waals surface area contributed by atoms with Gasteiger partial charge in [0.05, 0.1) is 26.4 Å². The van der Waals surface area contributed by atoms with Gasteiger partial charge in [-0.3, -0.25) is 37.3 Å². The summed E-state index contributed by atoms with van der Waals surface area (Å²) in [4.78, 5) is 73.0. The monoisotopic (exact) mass is 1480 g/mol. The minimum Gasteiger partial charge on any atom is -0.462 e. The van der Waals surface area contributed by atoms with Gasteiger partial charge in [0.2, 0.25) is 0 Å². The molecule has 596 valence electrons. The number of carbonyl (C=O) groups is 4. The molecule has 0 aliphatic carbocycles. The fourth-order valence-corrected chi connectivity index (χ4v) is 13.3. The topological polar surface area (TPSA) is 237 Å². The third-order valence-corrected chi connectivity index (χ3v) is 19.9. The Kier molecular flexibility index (Phi) is 73.6. The van der Waals surface area contributed by atoms with Gasteiger partial charge in [-0.05, 0) is 64.2 Å². The van der Waals surface area contributed by atoms with Gasteiger partial charge in [-0.2, -0.15) is 0 Å². The van der Waals surface area contributed by atoms with Crippen molar-refractivity contribution in [3.05, 3.63) is 60.8 Å². The molecule has 5 atom stereocenters. The van der Waals surface area contributed by atoms with Crippen molar-refractivity contribution < 1.29 is 80.2 Å². The Bertz CT molecular complexity index is 2170. The van der Waals surface area contributed by atoms with Crippen molar-refractivity contribution in [3.63, 3.8) is 0 Å². The molecule has 0 fully saturated rings. The Labute approximate surface area is 622 Å². The first-order valence-electron chi connectivity index (χ1n) is 41.5. The van der Waals surface area contributed by atoms with Crippen LogP contribution in [0, 0.1) is 0 Å². The van der Waals surface area contributed by atoms with E-state index < -0.39 is 97.5 Å². The van der Waals surface area contributed by atoms with Gasteiger partial charge in [0.25, 0.3) is 0 Å². The molecule has 0 saturated heterocycles. The Hall–Kier alpha value is -3.24. The van der Waals surface area contributed by atoms with Crippen LogP contribution in [0.3, 0.4) is 0 Å². The van der Waals surface area contributed by atoms with Crippen LogP contribution in [0.5, 0.6) is 0 Å². The number of unbranched alkanes of at least 4 members (excludes halogenated alkanes) is 43. The van der Waals surface area contributed by atoms with Crippen molar-refractivity contribution in [1.82, 2.24) is 0 Å². The number of phosphoric ester groups is 2. The summed E-state index contributed by atoms with van der Waals surface area (Å²) >= 11 is 0. The van der Waals surface area contributed by atoms with Crippen LogP contribution in [0.1, 0.15) is 387 Å². The largest absolute Gasteiger partial charge is 0.472 e. The molecule has 0 aliphatic rings. The number of aliphatic hydroxyl groups is 1. The molecule has 19 heteroatoms. The number of allylic oxidation sites excluding steroid dienone is 10. The third-order valence-electron chi connectivity index (χ3n) is 18.0. The van der Waals surface area contributed by atoms with E-state index in [2.05, 4.69) is 70.2 Å². The highest BCUT2D eigenvalue weighted by atomic mass is 31.2. The van der Waals surface area contributed by atoms with Crippen molar-refractivity contribution in [2.24, 2.45) is 0 Å². The van der Waals surface area contributed by atoms with E-state index in [1.807, 2.05) is 18.2 Å². The molecule has 0 aromatic rings. The van der Waals surface area contributed by atoms with Gasteiger partial charge in [0.1, 0.15) is 19.3 Å². The first-order valence-corrected chi connectivity index (χ1v) is 44.5. The highest BCUT2D eigenvalue weighted by Crippen LogP contribution is 2.45. The van der Waals surface area contributed by atoms with E-state index in [4.69, 9.17) is 37.0 Å². The van der Waals surface area contributed by atoms with Gasteiger partial charge in [-0.15, -0.1) is 0 Å². The van der Waals surface area contributed by atoms with Crippen LogP contribution < -0.4 is 0 Å². The average molecular weight is 1480 g/mol. The molecule has 3 N–H and O–H groups in total. The van der Waals surface area contributed by atoms with E-state index in [-0.39, 0.29) is 25.7 Å². The first kappa shape index (κ1) is 98.8. The Balaban J connectivity index is 5.37. The van der Waals surface area contributed by atoms with Crippen LogP contribution in [0.25, 0.3) is 0 Å². The van der Waals surface area contributed by atoms with Crippen molar-refractivity contribution in [2.75, 3.05) is 39.6 Å². The summed E-state index contributed by atoms with van der Waals surface area (Å²) < 4.78 is 68.6. The van der Waals surface area contributed by atoms with Crippen LogP contribution in [0.15, 0.2) is 60.8 Å². The van der Waals surface area contributed by atoms with Crippen LogP contribution in [0.4, 0.5) is 0 Å². The van der Waals surface area contributed by atoms with E-state index in [9.17, 15) is 43.2 Å². The lowest BCUT2D eigenvalue weighted by atomic mass is 10.0. The van der Waals surface area contributed by atoms with Gasteiger partial charge in [0.15, 0.2) is 12.2 Å². The zero-order valence-electron chi connectivity index (χ0n) is 65.3. The maximum atomic E-state index is 13.1. The predicted molar refractivity (Wildman–Crippen MR) is 418 cm³/mol. The van der Waals surface area contributed by atoms with Gasteiger partial charge in [-0.1, -0.05) is 358 Å². The number of carbonyl (C=O) groups excluding carboxylic acids is 4. The van der Waals surface area contributed by atoms with Crippen molar-refractivity contribution in [2.45, 2.75) is 406 Å². The first-order chi connectivity index (χ1) is 49.7. The molecule has 0 radical (unpaired) electrons. The Morgan fingerprint density at radius 2 is 0.500 bits per heavy atom. The molecule has 0 spiro atoms. The number of rotatable bonds is 79. The lowest BCUT2D eigenvalue weighted by Crippen LogP contribution is -2.30. The molecule has 0 heterocycles. The SMILES string of the molecule is CCCCC/C=C\C/C=C\C/C=C\C/C=C\C/C=C\CCC(=O)O[C@H](COC(=O)CCCCCCCCCCCCCCC)COP(=O)(O)OC[C@H](O)COP(=O)(O)OC[C@@H](COC(=O)CCCCCCCCCCCCCCCCC)OC(=O)CCCCCCCCCCCCCCCCC. The highest BCUT2D eigenvalue weighted by Gasteiger charge is 2.30. The number of hydrogen-bond acceptors (Lipinski definition) is 15. The smallest absolute Gasteiger partial charge is 0.462 e. The average Bonchev–Trinajstić information content (AvgIpc) is 0.924. The van der Waals surface area contributed by atoms with E-state index in [1.54, 1.807) is 0 Å². The van der Waals surface area contributed by atoms with Crippen molar-refractivity contribution >= 4 is 39.5 Å². The predicted octanol–water partition coefficient (Wildman–Crippen LogP) is 24.2. The molecule has 0 amide bonds. The summed E-state index contributed by atoms with van der Waals surface area (Å²) in [7, 11) is -9.96. The molecule has 0 aromatic carbocycles. The van der Waals surface area contributed by atoms with Crippen LogP contribution >= 0.6 is 15.6 Å². The zero-order chi connectivity index (χ0) is 74.6. The summed E-state index contributed by atoms with van der Waals surface area (Å²) in [6.07, 6.45) is 76.3. The minimum absolute atomic E-state index is 0.0229. The summed E-state index contributed by atoms with van der Waals surface area (Å²) in [5.41, 5.74) is 0. The number of ether oxygens (including phenoxy) is 4. The van der Waals surface area contributed by atoms with Gasteiger partial charge >= 0.3 is 39.5 Å². The number of esters is 4. The molecular formula is C83H152O17P2. The number of phosphoric acid groups is 2. The quantitative estimate of drug-likeness (QED) is 0.0169. The second-order valence-corrected chi connectivity index (χ2v) is 31.0. The Morgan fingerprint density at radius 3 is 0.794 bits per heavy atom. The molecule has 0 rings (SSSR count). The molecule has 102 heavy (non-hydrogen) atoms. The van der Waals surface area contributed by atoms with Gasteiger partial charge in [-0.25, -0.2) is 9.13 Å². The fourth-order valence-electron chi connectivity index (χ4n) is 11.7. The second-order valence-electron chi connectivity index (χ2n) is 28.1. The summed E-state index contributed by atoms with van der Waals surface area (Å²) in [5.74, 6) is -2.23. The number of hydrogen-bond donors (Lipinski definition) is 3. The van der Waals surface area contributed by atoms with Crippen molar-refractivity contribution in [3.8, 4) is 0 Å². The molecule has 17 nitrogen and oxygen atoms in total. The second kappa shape index (κ2) is 76.0. The maximum absolute atomic E-state index is 13.1. The lowest BCUT2D eigenvalue weighted by Gasteiger charge is -2.21. The van der Waals surface area contributed by atoms with E-state index >= 15 is 0 Å². The normalized spacial score (nSPS) is 14.1. The zero-order valence-corrected chi connectivity index (χ0v) is 67.1. The summed E-state index contributed by atoms with van der Waals surface area (Å²) in [6.45, 7) is 4.86. The van der Waals surface area contributed by atoms with E-state index in [0.29, 0.717) is 32.1 Å². The number of aliphatic hydroxyl groups excluding tert-OH is 1. The van der Waals surface area contributed by atoms with Crippen LogP contribution in [0.2, 0.25) is 0 Å². The lowest BCUT2D eigenvalue weighted by molar-refractivity contribution is -0.161. The van der Waals surface area contributed by atoms with Crippen LogP contribution in [-0.2, 0) is 65.4 Å². The maximum Gasteiger partial charge on any atom is 0.472 e. The van der Waals surface area contributed by atoms with Gasteiger partial charge in [0, 0.05) is 25.7 Å². The summed E-state index contributed by atoms with van der Waals surface area (Å²) in [5, 5.41) is 10.6. The van der Waals surface area contributed by atoms with Crippen molar-refractivity contribution in [1.29, 1.82) is 0 Å². The molecule has 0 bridgehead atoms. The summed E-state index contributed by atoms with van der Waals surface area (Å²) in [6, 6.07) is 0. The minimum atomic E-state index is -4.99. The molecule has 0 aromatic heterocycles. The standard InChI is InChI=1S/C83H152O17P2/c1-5-9-13-17-21-25-29-33-36-37-38-39-42-46-50-54-58-62-66-70-83(88)100-78(73-93-80(85)67-63-59-55-51-47-43-32-28-24-20-16-12-8-4)75-97-101(89,90)95-71-77(84)72-96-102(91,92)98-76-79(99-82(87)69-65-61-57-53-49-45-41-35-31-27-23-19-15-11-7-3)74-94-81(86)68-64-60-56-52-48-44-40-34-30-26-22-18-14-10-6-2/h21,25,33,36,38-39,46,50,58,62,77-79,84H,5-20,22-24,26-32,34-35,37,40-45,47-49,51-57,59-61,63-76H2,1-4H3,(H,89,90)(H,91,92)/b25-21-,36-33-,39-38-,50-46-,62-58-/t77-,78+,79+/m0/s1. The molecular weight excluding hydrogens is 1330 g/mol. The Morgan fingerprint density at radius 1 is 0.275 bits per heavy atom. The molecule has 0 saturated carbocycles. The fraction of sp³-hybridized carbons (Fsp3) is 0.831. The van der Waals surface area contributed by atoms with Gasteiger partial charge < -0.3 is 33.8 Å². The third kappa shape index (κ3) is 75.0. The van der Waals surface area contributed by atoms with Crippen LogP contribution in [-0.4, -0.2) is 96.7 Å². The van der Waals surface area contributed by atoms with E-state index in [1.165, 1.54) is 212 Å². The highest BCUT2D eigenvalue weighted by molar-refractivity contribution is 7.47.